The number of nitrogens with zero attached hydrogens (tertiary/aromatic N) is 1. The fourth-order valence-corrected chi connectivity index (χ4v) is 3.63. The molecule has 4 nitrogen and oxygen atoms in total. The summed E-state index contributed by atoms with van der Waals surface area (Å²) in [5, 5.41) is 4.04. The molecule has 3 rings (SSSR count). The lowest BCUT2D eigenvalue weighted by molar-refractivity contribution is -0.116. The molecule has 3 aromatic rings. The first-order valence-electron chi connectivity index (χ1n) is 7.61. The van der Waals surface area contributed by atoms with Crippen LogP contribution in [0.2, 0.25) is 0 Å². The van der Waals surface area contributed by atoms with Crippen molar-refractivity contribution in [1.29, 1.82) is 0 Å². The van der Waals surface area contributed by atoms with Gasteiger partial charge in [-0.2, -0.15) is 0 Å². The average molecular weight is 338 g/mol. The normalized spacial score (nSPS) is 10.6. The molecule has 5 heteroatoms. The number of hydrogen-bond donors (Lipinski definition) is 1. The summed E-state index contributed by atoms with van der Waals surface area (Å²) in [7, 11) is 1.72. The highest BCUT2D eigenvalue weighted by molar-refractivity contribution is 7.21. The van der Waals surface area contributed by atoms with Gasteiger partial charge < -0.3 is 10.2 Å². The second kappa shape index (κ2) is 6.45. The maximum atomic E-state index is 12.6. The summed E-state index contributed by atoms with van der Waals surface area (Å²) in [5.74, 6) is -0.144. The smallest absolute Gasteiger partial charge is 0.266 e. The number of carbonyl (C=O) groups is 2. The largest absolute Gasteiger partial charge is 0.321 e. The molecular weight excluding hydrogens is 320 g/mol. The zero-order chi connectivity index (χ0) is 17.3. The first kappa shape index (κ1) is 16.2. The molecule has 2 aromatic carbocycles. The molecule has 1 aromatic heterocycles. The Hall–Kier alpha value is -2.66. The Morgan fingerprint density at radius 3 is 2.33 bits per heavy atom. The van der Waals surface area contributed by atoms with Crippen LogP contribution in [0.15, 0.2) is 48.5 Å². The Labute approximate surface area is 144 Å². The van der Waals surface area contributed by atoms with E-state index in [1.165, 1.54) is 18.3 Å². The summed E-state index contributed by atoms with van der Waals surface area (Å²) >= 11 is 1.50. The van der Waals surface area contributed by atoms with Crippen molar-refractivity contribution in [2.24, 2.45) is 0 Å². The maximum Gasteiger partial charge on any atom is 0.266 e. The fraction of sp³-hybridized carbons (Fsp3) is 0.158. The summed E-state index contributed by atoms with van der Waals surface area (Å²) in [6, 6.07) is 15.2. The molecule has 24 heavy (non-hydrogen) atoms. The number of thiophene rings is 1. The van der Waals surface area contributed by atoms with Crippen molar-refractivity contribution < 1.29 is 9.59 Å². The van der Waals surface area contributed by atoms with Crippen LogP contribution in [-0.2, 0) is 4.79 Å². The molecule has 0 saturated carbocycles. The molecule has 122 valence electrons. The first-order valence-corrected chi connectivity index (χ1v) is 8.43. The van der Waals surface area contributed by atoms with Crippen molar-refractivity contribution in [3.05, 3.63) is 59.0 Å². The van der Waals surface area contributed by atoms with Gasteiger partial charge in [-0.15, -0.1) is 11.3 Å². The molecule has 2 amide bonds. The zero-order valence-electron chi connectivity index (χ0n) is 13.8. The first-order chi connectivity index (χ1) is 11.5. The van der Waals surface area contributed by atoms with Gasteiger partial charge in [-0.3, -0.25) is 9.59 Å². The molecule has 0 aliphatic rings. The monoisotopic (exact) mass is 338 g/mol. The molecule has 1 heterocycles. The Morgan fingerprint density at radius 2 is 1.71 bits per heavy atom. The van der Waals surface area contributed by atoms with Crippen molar-refractivity contribution in [2.45, 2.75) is 13.8 Å². The maximum absolute atomic E-state index is 12.6. The summed E-state index contributed by atoms with van der Waals surface area (Å²) in [6.45, 7) is 3.48. The third-order valence-electron chi connectivity index (χ3n) is 4.03. The molecule has 1 N–H and O–H groups in total. The van der Waals surface area contributed by atoms with E-state index in [0.717, 1.165) is 26.2 Å². The highest BCUT2D eigenvalue weighted by Crippen LogP contribution is 2.31. The Morgan fingerprint density at radius 1 is 1.04 bits per heavy atom. The van der Waals surface area contributed by atoms with Gasteiger partial charge in [0.2, 0.25) is 5.91 Å². The predicted molar refractivity (Wildman–Crippen MR) is 100 cm³/mol. The third-order valence-corrected chi connectivity index (χ3v) is 5.31. The van der Waals surface area contributed by atoms with Crippen LogP contribution in [0.3, 0.4) is 0 Å². The minimum atomic E-state index is -0.110. The lowest BCUT2D eigenvalue weighted by Gasteiger charge is -2.15. The lowest BCUT2D eigenvalue weighted by Crippen LogP contribution is -2.22. The quantitative estimate of drug-likeness (QED) is 0.767. The van der Waals surface area contributed by atoms with Crippen molar-refractivity contribution in [3.63, 3.8) is 0 Å². The summed E-state index contributed by atoms with van der Waals surface area (Å²) in [6.07, 6.45) is 0. The van der Waals surface area contributed by atoms with Gasteiger partial charge in [0.15, 0.2) is 0 Å². The molecule has 0 saturated heterocycles. The second-order valence-corrected chi connectivity index (χ2v) is 6.68. The molecule has 0 unspecified atom stereocenters. The average Bonchev–Trinajstić information content (AvgIpc) is 2.92. The molecule has 0 aliphatic heterocycles. The summed E-state index contributed by atoms with van der Waals surface area (Å²) in [4.78, 5) is 26.2. The van der Waals surface area contributed by atoms with Crippen LogP contribution in [-0.4, -0.2) is 18.9 Å². The number of carbonyl (C=O) groups excluding carboxylic acids is 2. The van der Waals surface area contributed by atoms with Crippen LogP contribution in [0.1, 0.15) is 22.2 Å². The standard InChI is InChI=1S/C19H18N2O2S/c1-12-16-6-4-5-7-17(16)24-18(12)19(23)20-14-8-10-15(11-9-14)21(3)13(2)22/h4-11H,1-3H3,(H,20,23). The Bertz CT molecular complexity index is 913. The van der Waals surface area contributed by atoms with Gasteiger partial charge in [-0.1, -0.05) is 18.2 Å². The van der Waals surface area contributed by atoms with Crippen LogP contribution >= 0.6 is 11.3 Å². The zero-order valence-corrected chi connectivity index (χ0v) is 14.6. The van der Waals surface area contributed by atoms with E-state index in [1.54, 1.807) is 24.1 Å². The minimum absolute atomic E-state index is 0.0346. The number of anilines is 2. The van der Waals surface area contributed by atoms with Gasteiger partial charge >= 0.3 is 0 Å². The SMILES string of the molecule is CC(=O)N(C)c1ccc(NC(=O)c2sc3ccccc3c2C)cc1. The molecule has 0 spiro atoms. The van der Waals surface area contributed by atoms with Gasteiger partial charge in [0, 0.05) is 30.0 Å². The third kappa shape index (κ3) is 3.03. The van der Waals surface area contributed by atoms with Gasteiger partial charge in [-0.05, 0) is 48.2 Å². The minimum Gasteiger partial charge on any atom is -0.321 e. The van der Waals surface area contributed by atoms with Gasteiger partial charge in [0.25, 0.3) is 5.91 Å². The highest BCUT2D eigenvalue weighted by atomic mass is 32.1. The number of amides is 2. The topological polar surface area (TPSA) is 49.4 Å². The van der Waals surface area contributed by atoms with E-state index in [4.69, 9.17) is 0 Å². The van der Waals surface area contributed by atoms with E-state index in [-0.39, 0.29) is 11.8 Å². The lowest BCUT2D eigenvalue weighted by atomic mass is 10.1. The fourth-order valence-electron chi connectivity index (χ4n) is 2.53. The number of fused-ring (bicyclic) bond motifs is 1. The number of nitrogens with one attached hydrogen (secondary N) is 1. The van der Waals surface area contributed by atoms with Crippen molar-refractivity contribution in [2.75, 3.05) is 17.3 Å². The summed E-state index contributed by atoms with van der Waals surface area (Å²) in [5.41, 5.74) is 2.50. The van der Waals surface area contributed by atoms with E-state index < -0.39 is 0 Å². The van der Waals surface area contributed by atoms with Crippen molar-refractivity contribution in [1.82, 2.24) is 0 Å². The van der Waals surface area contributed by atoms with Gasteiger partial charge in [-0.25, -0.2) is 0 Å². The molecular formula is C19H18N2O2S. The second-order valence-electron chi connectivity index (χ2n) is 5.63. The van der Waals surface area contributed by atoms with Crippen LogP contribution in [0, 0.1) is 6.92 Å². The van der Waals surface area contributed by atoms with Crippen LogP contribution in [0.25, 0.3) is 10.1 Å². The number of rotatable bonds is 3. The van der Waals surface area contributed by atoms with Crippen LogP contribution < -0.4 is 10.2 Å². The molecule has 0 bridgehead atoms. The van der Waals surface area contributed by atoms with E-state index in [1.807, 2.05) is 43.3 Å². The molecule has 0 radical (unpaired) electrons. The van der Waals surface area contributed by atoms with E-state index >= 15 is 0 Å². The molecule has 0 atom stereocenters. The highest BCUT2D eigenvalue weighted by Gasteiger charge is 2.15. The number of aryl methyl sites for hydroxylation is 1. The van der Waals surface area contributed by atoms with Crippen molar-refractivity contribution in [3.8, 4) is 0 Å². The Balaban J connectivity index is 1.81. The summed E-state index contributed by atoms with van der Waals surface area (Å²) < 4.78 is 1.11. The van der Waals surface area contributed by atoms with Crippen LogP contribution in [0.4, 0.5) is 11.4 Å². The van der Waals surface area contributed by atoms with Gasteiger partial charge in [0.1, 0.15) is 0 Å². The molecule has 0 fully saturated rings. The van der Waals surface area contributed by atoms with E-state index in [0.29, 0.717) is 5.69 Å². The predicted octanol–water partition coefficient (Wildman–Crippen LogP) is 4.44. The number of benzene rings is 2. The van der Waals surface area contributed by atoms with Crippen LogP contribution in [0.5, 0.6) is 0 Å². The number of hydrogen-bond acceptors (Lipinski definition) is 3. The van der Waals surface area contributed by atoms with E-state index in [2.05, 4.69) is 5.32 Å². The molecule has 0 aliphatic carbocycles. The van der Waals surface area contributed by atoms with Crippen molar-refractivity contribution >= 4 is 44.6 Å². The Kier molecular flexibility index (Phi) is 4.36. The van der Waals surface area contributed by atoms with Gasteiger partial charge in [0.05, 0.1) is 4.88 Å². The van der Waals surface area contributed by atoms with E-state index in [9.17, 15) is 9.59 Å².